The Bertz CT molecular complexity index is 1230. The normalized spacial score (nSPS) is 15.7. The van der Waals surface area contributed by atoms with Crippen molar-refractivity contribution in [2.75, 3.05) is 31.2 Å². The SMILES string of the molecule is O=c1cc(C2=CCc3ncc(N4CCOCC4)cc32)ccn1Cc1cccc(F)c1Cl. The van der Waals surface area contributed by atoms with Crippen LogP contribution in [0, 0.1) is 5.82 Å². The van der Waals surface area contributed by atoms with Crippen LogP contribution in [0.2, 0.25) is 5.02 Å². The van der Waals surface area contributed by atoms with Crippen LogP contribution in [0.5, 0.6) is 0 Å². The maximum Gasteiger partial charge on any atom is 0.251 e. The molecule has 0 spiro atoms. The van der Waals surface area contributed by atoms with Gasteiger partial charge in [0.25, 0.3) is 5.56 Å². The number of aromatic nitrogens is 2. The molecule has 1 aromatic carbocycles. The summed E-state index contributed by atoms with van der Waals surface area (Å²) in [5.74, 6) is -0.486. The topological polar surface area (TPSA) is 47.4 Å². The van der Waals surface area contributed by atoms with Crippen molar-refractivity contribution >= 4 is 22.9 Å². The van der Waals surface area contributed by atoms with Gasteiger partial charge < -0.3 is 14.2 Å². The third kappa shape index (κ3) is 3.89. The molecule has 0 bridgehead atoms. The summed E-state index contributed by atoms with van der Waals surface area (Å²) in [5.41, 5.74) is 5.43. The fourth-order valence-corrected chi connectivity index (χ4v) is 4.30. The predicted octanol–water partition coefficient (Wildman–Crippen LogP) is 3.91. The second kappa shape index (κ2) is 8.29. The van der Waals surface area contributed by atoms with E-state index < -0.39 is 5.82 Å². The third-order valence-corrected chi connectivity index (χ3v) is 6.22. The molecular weight excluding hydrogens is 417 g/mol. The van der Waals surface area contributed by atoms with Gasteiger partial charge in [-0.3, -0.25) is 9.78 Å². The van der Waals surface area contributed by atoms with Crippen LogP contribution in [0.1, 0.15) is 22.4 Å². The monoisotopic (exact) mass is 437 g/mol. The van der Waals surface area contributed by atoms with Gasteiger partial charge in [-0.05, 0) is 34.9 Å². The minimum absolute atomic E-state index is 0.0487. The Morgan fingerprint density at radius 3 is 2.81 bits per heavy atom. The summed E-state index contributed by atoms with van der Waals surface area (Å²) in [6.07, 6.45) is 6.51. The number of anilines is 1. The summed E-state index contributed by atoms with van der Waals surface area (Å²) in [7, 11) is 0. The van der Waals surface area contributed by atoms with E-state index >= 15 is 0 Å². The molecule has 2 aliphatic rings. The average molecular weight is 438 g/mol. The van der Waals surface area contributed by atoms with E-state index in [0.717, 1.165) is 47.6 Å². The molecule has 0 amide bonds. The van der Waals surface area contributed by atoms with Crippen molar-refractivity contribution in [2.24, 2.45) is 0 Å². The first-order valence-electron chi connectivity index (χ1n) is 10.3. The zero-order valence-corrected chi connectivity index (χ0v) is 17.6. The molecule has 0 unspecified atom stereocenters. The molecule has 0 radical (unpaired) electrons. The van der Waals surface area contributed by atoms with E-state index in [1.807, 2.05) is 12.3 Å². The van der Waals surface area contributed by atoms with Gasteiger partial charge in [0.2, 0.25) is 0 Å². The van der Waals surface area contributed by atoms with Crippen molar-refractivity contribution in [1.82, 2.24) is 9.55 Å². The Balaban J connectivity index is 1.43. The quantitative estimate of drug-likeness (QED) is 0.621. The maximum atomic E-state index is 13.7. The number of allylic oxidation sites excluding steroid dienone is 1. The molecule has 7 heteroatoms. The Labute approximate surface area is 184 Å². The molecule has 0 N–H and O–H groups in total. The van der Waals surface area contributed by atoms with Gasteiger partial charge in [-0.1, -0.05) is 29.8 Å². The number of morpholine rings is 1. The van der Waals surface area contributed by atoms with Crippen molar-refractivity contribution in [3.05, 3.63) is 98.4 Å². The van der Waals surface area contributed by atoms with E-state index in [9.17, 15) is 9.18 Å². The van der Waals surface area contributed by atoms with Crippen LogP contribution in [0.3, 0.4) is 0 Å². The van der Waals surface area contributed by atoms with Crippen molar-refractivity contribution < 1.29 is 9.13 Å². The molecule has 158 valence electrons. The summed E-state index contributed by atoms with van der Waals surface area (Å²) in [6, 6.07) is 10.3. The first-order valence-corrected chi connectivity index (χ1v) is 10.6. The Kier molecular flexibility index (Phi) is 5.34. The zero-order chi connectivity index (χ0) is 21.4. The number of rotatable bonds is 4. The fraction of sp³-hybridized carbons (Fsp3) is 0.250. The number of ether oxygens (including phenoxy) is 1. The number of halogens is 2. The highest BCUT2D eigenvalue weighted by molar-refractivity contribution is 6.31. The molecule has 1 fully saturated rings. The van der Waals surface area contributed by atoms with Gasteiger partial charge in [0.1, 0.15) is 5.82 Å². The van der Waals surface area contributed by atoms with Gasteiger partial charge in [0.15, 0.2) is 0 Å². The lowest BCUT2D eigenvalue weighted by atomic mass is 10.0. The summed E-state index contributed by atoms with van der Waals surface area (Å²) in [4.78, 5) is 19.7. The molecule has 31 heavy (non-hydrogen) atoms. The molecule has 1 saturated heterocycles. The number of benzene rings is 1. The average Bonchev–Trinajstić information content (AvgIpc) is 3.22. The van der Waals surface area contributed by atoms with E-state index in [1.165, 1.54) is 10.6 Å². The van der Waals surface area contributed by atoms with Crippen LogP contribution in [-0.4, -0.2) is 35.9 Å². The molecule has 5 nitrogen and oxygen atoms in total. The van der Waals surface area contributed by atoms with Gasteiger partial charge in [-0.15, -0.1) is 0 Å². The minimum Gasteiger partial charge on any atom is -0.378 e. The summed E-state index contributed by atoms with van der Waals surface area (Å²) >= 11 is 6.05. The van der Waals surface area contributed by atoms with E-state index in [1.54, 1.807) is 24.4 Å². The molecule has 1 aliphatic carbocycles. The van der Waals surface area contributed by atoms with Gasteiger partial charge in [0, 0.05) is 37.3 Å². The number of pyridine rings is 2. The summed E-state index contributed by atoms with van der Waals surface area (Å²) in [5, 5.41) is 0.0487. The van der Waals surface area contributed by atoms with Crippen LogP contribution < -0.4 is 10.5 Å². The van der Waals surface area contributed by atoms with Crippen molar-refractivity contribution in [3.8, 4) is 0 Å². The van der Waals surface area contributed by atoms with Crippen LogP contribution in [0.4, 0.5) is 10.1 Å². The third-order valence-electron chi connectivity index (χ3n) is 5.80. The Morgan fingerprint density at radius 1 is 1.16 bits per heavy atom. The molecular formula is C24H21ClFN3O2. The zero-order valence-electron chi connectivity index (χ0n) is 16.9. The van der Waals surface area contributed by atoms with E-state index in [0.29, 0.717) is 18.8 Å². The summed E-state index contributed by atoms with van der Waals surface area (Å²) in [6.45, 7) is 3.34. The number of hydrogen-bond donors (Lipinski definition) is 0. The molecule has 5 rings (SSSR count). The lowest BCUT2D eigenvalue weighted by Crippen LogP contribution is -2.36. The first kappa shape index (κ1) is 20.0. The second-order valence-electron chi connectivity index (χ2n) is 7.70. The smallest absolute Gasteiger partial charge is 0.251 e. The first-order chi connectivity index (χ1) is 15.1. The number of hydrogen-bond acceptors (Lipinski definition) is 4. The largest absolute Gasteiger partial charge is 0.378 e. The number of nitrogens with zero attached hydrogens (tertiary/aromatic N) is 3. The molecule has 0 atom stereocenters. The Hall–Kier alpha value is -2.96. The lowest BCUT2D eigenvalue weighted by Gasteiger charge is -2.29. The van der Waals surface area contributed by atoms with Crippen LogP contribution in [0.15, 0.2) is 59.7 Å². The highest BCUT2D eigenvalue weighted by atomic mass is 35.5. The lowest BCUT2D eigenvalue weighted by molar-refractivity contribution is 0.122. The van der Waals surface area contributed by atoms with Crippen LogP contribution in [0.25, 0.3) is 5.57 Å². The Morgan fingerprint density at radius 2 is 2.00 bits per heavy atom. The molecule has 0 saturated carbocycles. The van der Waals surface area contributed by atoms with Crippen LogP contribution >= 0.6 is 11.6 Å². The van der Waals surface area contributed by atoms with Crippen molar-refractivity contribution in [1.29, 1.82) is 0 Å². The fourth-order valence-electron chi connectivity index (χ4n) is 4.11. The molecule has 3 heterocycles. The van der Waals surface area contributed by atoms with Gasteiger partial charge in [-0.2, -0.15) is 0 Å². The van der Waals surface area contributed by atoms with Crippen molar-refractivity contribution in [2.45, 2.75) is 13.0 Å². The summed E-state index contributed by atoms with van der Waals surface area (Å²) < 4.78 is 20.7. The van der Waals surface area contributed by atoms with Crippen LogP contribution in [-0.2, 0) is 17.7 Å². The number of fused-ring (bicyclic) bond motifs is 1. The van der Waals surface area contributed by atoms with Gasteiger partial charge in [0.05, 0.1) is 42.4 Å². The van der Waals surface area contributed by atoms with Gasteiger partial charge >= 0.3 is 0 Å². The second-order valence-corrected chi connectivity index (χ2v) is 8.08. The highest BCUT2D eigenvalue weighted by Crippen LogP contribution is 2.33. The predicted molar refractivity (Wildman–Crippen MR) is 119 cm³/mol. The maximum absolute atomic E-state index is 13.7. The molecule has 2 aromatic heterocycles. The standard InChI is InChI=1S/C24H21ClFN3O2/c25-24-17(2-1-3-21(24)26)15-29-7-6-16(12-23(29)30)19-4-5-22-20(19)13-18(14-27-22)28-8-10-31-11-9-28/h1-4,6-7,12-14H,5,8-11,15H2. The van der Waals surface area contributed by atoms with E-state index in [4.69, 9.17) is 16.3 Å². The van der Waals surface area contributed by atoms with E-state index in [2.05, 4.69) is 22.0 Å². The molecule has 3 aromatic rings. The van der Waals surface area contributed by atoms with Gasteiger partial charge in [-0.25, -0.2) is 4.39 Å². The minimum atomic E-state index is -0.486. The van der Waals surface area contributed by atoms with E-state index in [-0.39, 0.29) is 17.1 Å². The highest BCUT2D eigenvalue weighted by Gasteiger charge is 2.20. The van der Waals surface area contributed by atoms with Crippen molar-refractivity contribution in [3.63, 3.8) is 0 Å². The molecule has 1 aliphatic heterocycles.